The molecule has 1 atom stereocenters. The third-order valence-electron chi connectivity index (χ3n) is 5.09. The lowest BCUT2D eigenvalue weighted by Gasteiger charge is -2.37. The van der Waals surface area contributed by atoms with Crippen molar-refractivity contribution in [2.45, 2.75) is 58.3 Å². The van der Waals surface area contributed by atoms with E-state index in [4.69, 9.17) is 9.47 Å². The van der Waals surface area contributed by atoms with Crippen LogP contribution in [0.5, 0.6) is 5.75 Å². The van der Waals surface area contributed by atoms with Crippen LogP contribution >= 0.6 is 0 Å². The van der Waals surface area contributed by atoms with Gasteiger partial charge in [0, 0.05) is 12.1 Å². The van der Waals surface area contributed by atoms with Gasteiger partial charge < -0.3 is 19.5 Å². The third-order valence-corrected chi connectivity index (χ3v) is 5.09. The molecule has 32 heavy (non-hydrogen) atoms. The fourth-order valence-electron chi connectivity index (χ4n) is 3.60. The van der Waals surface area contributed by atoms with E-state index in [1.54, 1.807) is 32.9 Å². The Balaban J connectivity index is 1.72. The van der Waals surface area contributed by atoms with E-state index >= 15 is 4.39 Å². The molecular weight excluding hydrogens is 415 g/mol. The number of aromatic hydroxyl groups is 1. The Labute approximate surface area is 187 Å². The molecule has 3 rings (SSSR count). The van der Waals surface area contributed by atoms with E-state index in [2.05, 4.69) is 5.32 Å². The summed E-state index contributed by atoms with van der Waals surface area (Å²) in [6.45, 7) is 5.79. The van der Waals surface area contributed by atoms with E-state index in [-0.39, 0.29) is 17.9 Å². The molecule has 0 bridgehead atoms. The normalized spacial score (nSPS) is 16.4. The second-order valence-electron chi connectivity index (χ2n) is 8.74. The van der Waals surface area contributed by atoms with Gasteiger partial charge in [-0.15, -0.1) is 0 Å². The van der Waals surface area contributed by atoms with Gasteiger partial charge in [0.05, 0.1) is 11.7 Å². The number of piperidine rings is 1. The number of phenols is 1. The van der Waals surface area contributed by atoms with Crippen LogP contribution in [0.3, 0.4) is 0 Å². The topological polar surface area (TPSA) is 88.1 Å². The highest BCUT2D eigenvalue weighted by molar-refractivity contribution is 5.86. The molecule has 2 aromatic carbocycles. The highest BCUT2D eigenvalue weighted by atomic mass is 19.1. The second-order valence-corrected chi connectivity index (χ2v) is 8.74. The van der Waals surface area contributed by atoms with Crippen molar-refractivity contribution in [1.82, 2.24) is 4.90 Å². The van der Waals surface area contributed by atoms with Crippen LogP contribution in [0, 0.1) is 5.82 Å². The van der Waals surface area contributed by atoms with Crippen molar-refractivity contribution in [3.05, 3.63) is 59.4 Å². The monoisotopic (exact) mass is 444 g/mol. The zero-order valence-electron chi connectivity index (χ0n) is 18.6. The molecule has 1 heterocycles. The van der Waals surface area contributed by atoms with Crippen molar-refractivity contribution in [1.29, 1.82) is 0 Å². The van der Waals surface area contributed by atoms with Gasteiger partial charge in [-0.25, -0.2) is 14.0 Å². The Hall–Kier alpha value is -3.29. The molecule has 2 amide bonds. The molecule has 0 radical (unpaired) electrons. The maximum Gasteiger partial charge on any atom is 0.412 e. The summed E-state index contributed by atoms with van der Waals surface area (Å²) in [4.78, 5) is 26.2. The molecule has 0 saturated carbocycles. The molecule has 0 aliphatic carbocycles. The number of nitrogens with zero attached hydrogens (tertiary/aromatic N) is 1. The van der Waals surface area contributed by atoms with Gasteiger partial charge >= 0.3 is 12.2 Å². The number of rotatable bonds is 4. The van der Waals surface area contributed by atoms with Gasteiger partial charge in [-0.05, 0) is 51.7 Å². The van der Waals surface area contributed by atoms with E-state index in [0.29, 0.717) is 13.0 Å². The molecule has 1 saturated heterocycles. The predicted octanol–water partition coefficient (Wildman–Crippen LogP) is 5.74. The van der Waals surface area contributed by atoms with Crippen LogP contribution in [0.15, 0.2) is 42.5 Å². The molecule has 8 heteroatoms. The minimum atomic E-state index is -0.883. The summed E-state index contributed by atoms with van der Waals surface area (Å²) >= 11 is 0. The van der Waals surface area contributed by atoms with Crippen LogP contribution in [0.1, 0.15) is 57.2 Å². The van der Waals surface area contributed by atoms with Crippen molar-refractivity contribution in [3.8, 4) is 5.75 Å². The minimum absolute atomic E-state index is 0.0426. The van der Waals surface area contributed by atoms with Gasteiger partial charge in [0.2, 0.25) is 0 Å². The molecule has 2 N–H and O–H groups in total. The number of carbonyl (C=O) groups is 2. The van der Waals surface area contributed by atoms with E-state index in [9.17, 15) is 14.7 Å². The number of hydrogen-bond donors (Lipinski definition) is 2. The van der Waals surface area contributed by atoms with Crippen molar-refractivity contribution >= 4 is 17.9 Å². The molecule has 1 aliphatic heterocycles. The standard InChI is InChI=1S/C24H29FN2O5/c1-24(2,3)32-23(30)27-14-8-7-11-19(27)17-12-13-18(21(28)20(17)25)26-22(29)31-15-16-9-5-4-6-10-16/h4-6,9-10,12-13,19,28H,7-8,11,14-15H2,1-3H3,(H,26,29). The Morgan fingerprint density at radius 2 is 1.88 bits per heavy atom. The minimum Gasteiger partial charge on any atom is -0.503 e. The van der Waals surface area contributed by atoms with E-state index in [1.165, 1.54) is 17.0 Å². The smallest absolute Gasteiger partial charge is 0.412 e. The maximum atomic E-state index is 15.1. The lowest BCUT2D eigenvalue weighted by Crippen LogP contribution is -2.42. The first-order valence-corrected chi connectivity index (χ1v) is 10.6. The lowest BCUT2D eigenvalue weighted by molar-refractivity contribution is 0.00909. The number of anilines is 1. The highest BCUT2D eigenvalue weighted by Crippen LogP contribution is 2.38. The van der Waals surface area contributed by atoms with Crippen molar-refractivity contribution in [3.63, 3.8) is 0 Å². The van der Waals surface area contributed by atoms with Crippen molar-refractivity contribution in [2.75, 3.05) is 11.9 Å². The maximum absolute atomic E-state index is 15.1. The molecule has 1 unspecified atom stereocenters. The number of carbonyl (C=O) groups excluding carboxylic acids is 2. The first-order valence-electron chi connectivity index (χ1n) is 10.6. The largest absolute Gasteiger partial charge is 0.503 e. The molecule has 0 aromatic heterocycles. The first-order chi connectivity index (χ1) is 15.2. The average molecular weight is 445 g/mol. The molecule has 7 nitrogen and oxygen atoms in total. The lowest BCUT2D eigenvalue weighted by atomic mass is 9.94. The SMILES string of the molecule is CC(C)(C)OC(=O)N1CCCCC1c1ccc(NC(=O)OCc2ccccc2)c(O)c1F. The number of likely N-dealkylation sites (tertiary alicyclic amines) is 1. The van der Waals surface area contributed by atoms with Gasteiger partial charge in [-0.3, -0.25) is 5.32 Å². The molecule has 1 fully saturated rings. The zero-order chi connectivity index (χ0) is 23.3. The van der Waals surface area contributed by atoms with E-state index in [0.717, 1.165) is 18.4 Å². The summed E-state index contributed by atoms with van der Waals surface area (Å²) in [5, 5.41) is 12.7. The summed E-state index contributed by atoms with van der Waals surface area (Å²) < 4.78 is 25.7. The molecule has 172 valence electrons. The number of amides is 2. The van der Waals surface area contributed by atoms with Gasteiger partial charge in [-0.1, -0.05) is 36.4 Å². The third kappa shape index (κ3) is 5.90. The highest BCUT2D eigenvalue weighted by Gasteiger charge is 2.34. The summed E-state index contributed by atoms with van der Waals surface area (Å²) in [5.41, 5.74) is 0.196. The Bertz CT molecular complexity index is 959. The number of nitrogens with one attached hydrogen (secondary N) is 1. The molecular formula is C24H29FN2O5. The molecule has 0 spiro atoms. The summed E-state index contributed by atoms with van der Waals surface area (Å²) in [6.07, 6.45) is 0.811. The van der Waals surface area contributed by atoms with E-state index < -0.39 is 35.4 Å². The Morgan fingerprint density at radius 3 is 2.56 bits per heavy atom. The van der Waals surface area contributed by atoms with Gasteiger partial charge in [0.15, 0.2) is 11.6 Å². The Morgan fingerprint density at radius 1 is 1.16 bits per heavy atom. The van der Waals surface area contributed by atoms with Crippen molar-refractivity contribution in [2.24, 2.45) is 0 Å². The fraction of sp³-hybridized carbons (Fsp3) is 0.417. The Kier molecular flexibility index (Phi) is 7.22. The molecule has 1 aliphatic rings. The predicted molar refractivity (Wildman–Crippen MR) is 118 cm³/mol. The molecule has 2 aromatic rings. The average Bonchev–Trinajstić information content (AvgIpc) is 2.75. The van der Waals surface area contributed by atoms with Crippen LogP contribution in [-0.2, 0) is 16.1 Å². The van der Waals surface area contributed by atoms with Crippen LogP contribution < -0.4 is 5.32 Å². The number of benzene rings is 2. The first kappa shape index (κ1) is 23.4. The van der Waals surface area contributed by atoms with Crippen LogP contribution in [0.4, 0.5) is 19.7 Å². The van der Waals surface area contributed by atoms with Crippen LogP contribution in [0.25, 0.3) is 0 Å². The van der Waals surface area contributed by atoms with Gasteiger partial charge in [0.1, 0.15) is 12.2 Å². The number of phenolic OH excluding ortho intramolecular Hbond substituents is 1. The fourth-order valence-corrected chi connectivity index (χ4v) is 3.60. The quantitative estimate of drug-likeness (QED) is 0.587. The van der Waals surface area contributed by atoms with Crippen LogP contribution in [0.2, 0.25) is 0 Å². The second kappa shape index (κ2) is 9.89. The summed E-state index contributed by atoms with van der Waals surface area (Å²) in [6, 6.07) is 11.4. The van der Waals surface area contributed by atoms with Gasteiger partial charge in [0.25, 0.3) is 0 Å². The zero-order valence-corrected chi connectivity index (χ0v) is 18.6. The summed E-state index contributed by atoms with van der Waals surface area (Å²) in [5.74, 6) is -1.58. The summed E-state index contributed by atoms with van der Waals surface area (Å²) in [7, 11) is 0. The van der Waals surface area contributed by atoms with Crippen LogP contribution in [-0.4, -0.2) is 34.3 Å². The van der Waals surface area contributed by atoms with Gasteiger partial charge in [-0.2, -0.15) is 0 Å². The number of hydrogen-bond acceptors (Lipinski definition) is 5. The van der Waals surface area contributed by atoms with Crippen molar-refractivity contribution < 1.29 is 28.6 Å². The number of ether oxygens (including phenoxy) is 2. The number of halogens is 1. The van der Waals surface area contributed by atoms with E-state index in [1.807, 2.05) is 18.2 Å².